The van der Waals surface area contributed by atoms with Crippen molar-refractivity contribution in [1.29, 1.82) is 0 Å². The highest BCUT2D eigenvalue weighted by Gasteiger charge is 2.33. The van der Waals surface area contributed by atoms with Crippen LogP contribution in [0.5, 0.6) is 0 Å². The van der Waals surface area contributed by atoms with Gasteiger partial charge in [0.1, 0.15) is 0 Å². The van der Waals surface area contributed by atoms with E-state index in [0.29, 0.717) is 26.2 Å². The number of halogens is 3. The SMILES string of the molecule is CNCC1CN(CC(F)(F)F)CCO1. The van der Waals surface area contributed by atoms with Crippen molar-refractivity contribution in [1.82, 2.24) is 10.2 Å². The lowest BCUT2D eigenvalue weighted by Crippen LogP contribution is -2.49. The maximum Gasteiger partial charge on any atom is 0.401 e. The summed E-state index contributed by atoms with van der Waals surface area (Å²) in [5.41, 5.74) is 0. The number of hydrogen-bond acceptors (Lipinski definition) is 3. The molecule has 3 nitrogen and oxygen atoms in total. The summed E-state index contributed by atoms with van der Waals surface area (Å²) in [4.78, 5) is 1.38. The zero-order valence-corrected chi connectivity index (χ0v) is 8.10. The molecule has 1 rings (SSSR count). The summed E-state index contributed by atoms with van der Waals surface area (Å²) in [6.07, 6.45) is -4.24. The fourth-order valence-electron chi connectivity index (χ4n) is 1.53. The van der Waals surface area contributed by atoms with Gasteiger partial charge in [-0.1, -0.05) is 0 Å². The van der Waals surface area contributed by atoms with Gasteiger partial charge in [-0.3, -0.25) is 4.90 Å². The van der Waals surface area contributed by atoms with Crippen LogP contribution >= 0.6 is 0 Å². The van der Waals surface area contributed by atoms with E-state index >= 15 is 0 Å². The minimum Gasteiger partial charge on any atom is -0.374 e. The maximum absolute atomic E-state index is 12.1. The van der Waals surface area contributed by atoms with E-state index in [1.54, 1.807) is 7.05 Å². The molecule has 1 unspecified atom stereocenters. The molecule has 0 aromatic carbocycles. The van der Waals surface area contributed by atoms with Gasteiger partial charge in [-0.2, -0.15) is 13.2 Å². The molecule has 1 N–H and O–H groups in total. The largest absolute Gasteiger partial charge is 0.401 e. The molecule has 1 aliphatic rings. The number of nitrogens with zero attached hydrogens (tertiary/aromatic N) is 1. The van der Waals surface area contributed by atoms with Gasteiger partial charge in [0.25, 0.3) is 0 Å². The van der Waals surface area contributed by atoms with Crippen molar-refractivity contribution in [2.24, 2.45) is 0 Å². The summed E-state index contributed by atoms with van der Waals surface area (Å²) < 4.78 is 41.5. The summed E-state index contributed by atoms with van der Waals surface area (Å²) in [7, 11) is 1.76. The first-order chi connectivity index (χ1) is 6.51. The number of hydrogen-bond donors (Lipinski definition) is 1. The average Bonchev–Trinajstić information content (AvgIpc) is 2.02. The van der Waals surface area contributed by atoms with Crippen LogP contribution in [-0.4, -0.2) is 57.0 Å². The molecule has 0 bridgehead atoms. The lowest BCUT2D eigenvalue weighted by molar-refractivity contribution is -0.158. The molecular formula is C8H15F3N2O. The van der Waals surface area contributed by atoms with Gasteiger partial charge >= 0.3 is 6.18 Å². The van der Waals surface area contributed by atoms with Crippen LogP contribution in [0.4, 0.5) is 13.2 Å². The average molecular weight is 212 g/mol. The molecule has 0 amide bonds. The van der Waals surface area contributed by atoms with Crippen LogP contribution in [0.2, 0.25) is 0 Å². The molecule has 1 saturated heterocycles. The highest BCUT2D eigenvalue weighted by Crippen LogP contribution is 2.18. The van der Waals surface area contributed by atoms with Gasteiger partial charge in [0.05, 0.1) is 19.3 Å². The predicted molar refractivity (Wildman–Crippen MR) is 46.2 cm³/mol. The van der Waals surface area contributed by atoms with Gasteiger partial charge in [-0.15, -0.1) is 0 Å². The van der Waals surface area contributed by atoms with E-state index in [0.717, 1.165) is 0 Å². The summed E-state index contributed by atoms with van der Waals surface area (Å²) in [5.74, 6) is 0. The van der Waals surface area contributed by atoms with Crippen LogP contribution in [0, 0.1) is 0 Å². The number of nitrogens with one attached hydrogen (secondary N) is 1. The number of ether oxygens (including phenoxy) is 1. The molecule has 6 heteroatoms. The van der Waals surface area contributed by atoms with E-state index in [1.807, 2.05) is 0 Å². The van der Waals surface area contributed by atoms with Gasteiger partial charge < -0.3 is 10.1 Å². The first-order valence-electron chi connectivity index (χ1n) is 4.56. The number of alkyl halides is 3. The van der Waals surface area contributed by atoms with Crippen LogP contribution in [0.25, 0.3) is 0 Å². The lowest BCUT2D eigenvalue weighted by Gasteiger charge is -2.33. The standard InChI is InChI=1S/C8H15F3N2O/c1-12-4-7-5-13(2-3-14-7)6-8(9,10)11/h7,12H,2-6H2,1H3. The van der Waals surface area contributed by atoms with Crippen LogP contribution in [0.1, 0.15) is 0 Å². The molecule has 0 aliphatic carbocycles. The molecule has 14 heavy (non-hydrogen) atoms. The molecular weight excluding hydrogens is 197 g/mol. The third kappa shape index (κ3) is 4.26. The van der Waals surface area contributed by atoms with Crippen molar-refractivity contribution in [2.45, 2.75) is 12.3 Å². The van der Waals surface area contributed by atoms with E-state index in [4.69, 9.17) is 4.74 Å². The molecule has 0 saturated carbocycles. The molecule has 0 spiro atoms. The van der Waals surface area contributed by atoms with Crippen molar-refractivity contribution >= 4 is 0 Å². The summed E-state index contributed by atoms with van der Waals surface area (Å²) in [6, 6.07) is 0. The van der Waals surface area contributed by atoms with Crippen LogP contribution < -0.4 is 5.32 Å². The predicted octanol–water partition coefficient (Wildman–Crippen LogP) is 0.469. The Labute approximate surface area is 81.2 Å². The van der Waals surface area contributed by atoms with Crippen molar-refractivity contribution in [3.63, 3.8) is 0 Å². The number of morpholine rings is 1. The fourth-order valence-corrected chi connectivity index (χ4v) is 1.53. The smallest absolute Gasteiger partial charge is 0.374 e. The van der Waals surface area contributed by atoms with Gasteiger partial charge in [0.2, 0.25) is 0 Å². The third-order valence-electron chi connectivity index (χ3n) is 2.06. The second-order valence-electron chi connectivity index (χ2n) is 3.40. The van der Waals surface area contributed by atoms with E-state index in [9.17, 15) is 13.2 Å². The van der Waals surface area contributed by atoms with Crippen molar-refractivity contribution in [3.8, 4) is 0 Å². The van der Waals surface area contributed by atoms with Crippen LogP contribution in [0.3, 0.4) is 0 Å². The van der Waals surface area contributed by atoms with Gasteiger partial charge in [-0.25, -0.2) is 0 Å². The van der Waals surface area contributed by atoms with E-state index in [-0.39, 0.29) is 6.10 Å². The second-order valence-corrected chi connectivity index (χ2v) is 3.40. The van der Waals surface area contributed by atoms with Crippen molar-refractivity contribution < 1.29 is 17.9 Å². The maximum atomic E-state index is 12.1. The van der Waals surface area contributed by atoms with Gasteiger partial charge in [0, 0.05) is 19.6 Å². The Balaban J connectivity index is 2.32. The van der Waals surface area contributed by atoms with E-state index in [1.165, 1.54) is 4.90 Å². The lowest BCUT2D eigenvalue weighted by atomic mass is 10.2. The Bertz CT molecular complexity index is 172. The minimum atomic E-state index is -4.11. The Morgan fingerprint density at radius 2 is 2.21 bits per heavy atom. The second kappa shape index (κ2) is 4.95. The first-order valence-corrected chi connectivity index (χ1v) is 4.56. The molecule has 0 radical (unpaired) electrons. The minimum absolute atomic E-state index is 0.129. The van der Waals surface area contributed by atoms with Crippen molar-refractivity contribution in [2.75, 3.05) is 39.8 Å². The first kappa shape index (κ1) is 11.7. The van der Waals surface area contributed by atoms with Crippen LogP contribution in [0.15, 0.2) is 0 Å². The Kier molecular flexibility index (Phi) is 4.15. The van der Waals surface area contributed by atoms with Crippen molar-refractivity contribution in [3.05, 3.63) is 0 Å². The third-order valence-corrected chi connectivity index (χ3v) is 2.06. The zero-order valence-electron chi connectivity index (χ0n) is 8.10. The van der Waals surface area contributed by atoms with Crippen LogP contribution in [-0.2, 0) is 4.74 Å². The Hall–Kier alpha value is -0.330. The monoisotopic (exact) mass is 212 g/mol. The molecule has 1 fully saturated rings. The quantitative estimate of drug-likeness (QED) is 0.736. The summed E-state index contributed by atoms with van der Waals surface area (Å²) in [5, 5.41) is 2.89. The molecule has 1 atom stereocenters. The molecule has 1 heterocycles. The summed E-state index contributed by atoms with van der Waals surface area (Å²) in [6.45, 7) is 0.841. The normalized spacial score (nSPS) is 25.3. The Morgan fingerprint density at radius 1 is 1.50 bits per heavy atom. The molecule has 84 valence electrons. The Morgan fingerprint density at radius 3 is 2.79 bits per heavy atom. The van der Waals surface area contributed by atoms with Gasteiger partial charge in [-0.05, 0) is 7.05 Å². The topological polar surface area (TPSA) is 24.5 Å². The highest BCUT2D eigenvalue weighted by atomic mass is 19.4. The van der Waals surface area contributed by atoms with E-state index < -0.39 is 12.7 Å². The molecule has 1 aliphatic heterocycles. The molecule has 0 aromatic rings. The fraction of sp³-hybridized carbons (Fsp3) is 1.00. The highest BCUT2D eigenvalue weighted by molar-refractivity contribution is 4.74. The van der Waals surface area contributed by atoms with Gasteiger partial charge in [0.15, 0.2) is 0 Å². The number of rotatable bonds is 3. The molecule has 0 aromatic heterocycles. The summed E-state index contributed by atoms with van der Waals surface area (Å²) >= 11 is 0. The van der Waals surface area contributed by atoms with E-state index in [2.05, 4.69) is 5.32 Å². The zero-order chi connectivity index (χ0) is 10.6. The number of likely N-dealkylation sites (N-methyl/N-ethyl adjacent to an activating group) is 1.